The molecule has 0 amide bonds. The SMILES string of the molecule is CCCC(NCC1(OC)CCC1)c1cccc([N+](=O)[O-])c1. The summed E-state index contributed by atoms with van der Waals surface area (Å²) in [5, 5.41) is 14.5. The Hall–Kier alpha value is -1.46. The molecule has 5 heteroatoms. The van der Waals surface area contributed by atoms with Crippen molar-refractivity contribution in [1.29, 1.82) is 0 Å². The van der Waals surface area contributed by atoms with Gasteiger partial charge in [0, 0.05) is 31.8 Å². The number of nitrogens with zero attached hydrogens (tertiary/aromatic N) is 1. The average molecular weight is 292 g/mol. The van der Waals surface area contributed by atoms with Crippen LogP contribution in [0.1, 0.15) is 50.6 Å². The Kier molecular flexibility index (Phi) is 5.31. The van der Waals surface area contributed by atoms with Crippen LogP contribution in [0.3, 0.4) is 0 Å². The van der Waals surface area contributed by atoms with Crippen molar-refractivity contribution in [2.24, 2.45) is 0 Å². The Bertz CT molecular complexity index is 481. The molecular weight excluding hydrogens is 268 g/mol. The van der Waals surface area contributed by atoms with Crippen molar-refractivity contribution < 1.29 is 9.66 Å². The van der Waals surface area contributed by atoms with Gasteiger partial charge in [0.05, 0.1) is 10.5 Å². The van der Waals surface area contributed by atoms with Crippen LogP contribution in [0.15, 0.2) is 24.3 Å². The second-order valence-electron chi connectivity index (χ2n) is 5.81. The lowest BCUT2D eigenvalue weighted by atomic mass is 9.79. The van der Waals surface area contributed by atoms with Gasteiger partial charge in [-0.1, -0.05) is 25.5 Å². The summed E-state index contributed by atoms with van der Waals surface area (Å²) < 4.78 is 5.63. The van der Waals surface area contributed by atoms with E-state index in [4.69, 9.17) is 4.74 Å². The molecule has 0 radical (unpaired) electrons. The Morgan fingerprint density at radius 1 is 1.48 bits per heavy atom. The fourth-order valence-electron chi connectivity index (χ4n) is 2.86. The number of nitrogens with one attached hydrogen (secondary N) is 1. The van der Waals surface area contributed by atoms with Crippen molar-refractivity contribution in [2.45, 2.75) is 50.7 Å². The smallest absolute Gasteiger partial charge is 0.269 e. The molecule has 116 valence electrons. The molecular formula is C16H24N2O3. The van der Waals surface area contributed by atoms with Gasteiger partial charge in [-0.15, -0.1) is 0 Å². The molecule has 1 aliphatic rings. The van der Waals surface area contributed by atoms with E-state index in [-0.39, 0.29) is 22.3 Å². The molecule has 0 saturated heterocycles. The number of ether oxygens (including phenoxy) is 1. The maximum atomic E-state index is 10.9. The van der Waals surface area contributed by atoms with Crippen LogP contribution in [0.5, 0.6) is 0 Å². The zero-order valence-corrected chi connectivity index (χ0v) is 12.8. The summed E-state index contributed by atoms with van der Waals surface area (Å²) in [7, 11) is 1.77. The van der Waals surface area contributed by atoms with Crippen LogP contribution in [-0.2, 0) is 4.74 Å². The molecule has 0 aromatic heterocycles. The van der Waals surface area contributed by atoms with E-state index in [0.29, 0.717) is 0 Å². The summed E-state index contributed by atoms with van der Waals surface area (Å²) in [6.07, 6.45) is 5.38. The predicted molar refractivity (Wildman–Crippen MR) is 82.3 cm³/mol. The summed E-state index contributed by atoms with van der Waals surface area (Å²) >= 11 is 0. The van der Waals surface area contributed by atoms with Crippen LogP contribution >= 0.6 is 0 Å². The number of rotatable bonds is 8. The molecule has 1 fully saturated rings. The van der Waals surface area contributed by atoms with Crippen LogP contribution < -0.4 is 5.32 Å². The topological polar surface area (TPSA) is 64.4 Å². The monoisotopic (exact) mass is 292 g/mol. The Morgan fingerprint density at radius 3 is 2.76 bits per heavy atom. The van der Waals surface area contributed by atoms with Crippen molar-refractivity contribution in [1.82, 2.24) is 5.32 Å². The number of benzene rings is 1. The van der Waals surface area contributed by atoms with Gasteiger partial charge in [0.2, 0.25) is 0 Å². The van der Waals surface area contributed by atoms with Crippen molar-refractivity contribution >= 4 is 5.69 Å². The molecule has 1 aromatic carbocycles. The number of hydrogen-bond donors (Lipinski definition) is 1. The van der Waals surface area contributed by atoms with Crippen molar-refractivity contribution in [3.05, 3.63) is 39.9 Å². The summed E-state index contributed by atoms with van der Waals surface area (Å²) in [6.45, 7) is 2.93. The lowest BCUT2D eigenvalue weighted by molar-refractivity contribution is -0.384. The third kappa shape index (κ3) is 3.80. The van der Waals surface area contributed by atoms with E-state index in [9.17, 15) is 10.1 Å². The van der Waals surface area contributed by atoms with Gasteiger partial charge in [-0.3, -0.25) is 10.1 Å². The normalized spacial score (nSPS) is 18.0. The van der Waals surface area contributed by atoms with E-state index in [2.05, 4.69) is 12.2 Å². The molecule has 5 nitrogen and oxygen atoms in total. The van der Waals surface area contributed by atoms with Crippen LogP contribution in [0.2, 0.25) is 0 Å². The van der Waals surface area contributed by atoms with Gasteiger partial charge in [-0.05, 0) is 31.2 Å². The maximum Gasteiger partial charge on any atom is 0.269 e. The van der Waals surface area contributed by atoms with E-state index >= 15 is 0 Å². The second-order valence-corrected chi connectivity index (χ2v) is 5.81. The van der Waals surface area contributed by atoms with E-state index in [0.717, 1.165) is 37.8 Å². The van der Waals surface area contributed by atoms with E-state index in [1.165, 1.54) is 12.5 Å². The highest BCUT2D eigenvalue weighted by Crippen LogP contribution is 2.35. The van der Waals surface area contributed by atoms with Gasteiger partial charge < -0.3 is 10.1 Å². The summed E-state index contributed by atoms with van der Waals surface area (Å²) in [5.74, 6) is 0. The molecule has 21 heavy (non-hydrogen) atoms. The molecule has 1 saturated carbocycles. The molecule has 2 rings (SSSR count). The summed E-state index contributed by atoms with van der Waals surface area (Å²) in [5.41, 5.74) is 1.10. The van der Waals surface area contributed by atoms with E-state index in [1.54, 1.807) is 19.2 Å². The highest BCUT2D eigenvalue weighted by Gasteiger charge is 2.37. The van der Waals surface area contributed by atoms with Gasteiger partial charge in [0.25, 0.3) is 5.69 Å². The van der Waals surface area contributed by atoms with E-state index < -0.39 is 0 Å². The Labute approximate surface area is 125 Å². The zero-order chi connectivity index (χ0) is 15.3. The van der Waals surface area contributed by atoms with Crippen LogP contribution in [-0.4, -0.2) is 24.2 Å². The molecule has 0 spiro atoms. The molecule has 0 bridgehead atoms. The number of nitro groups is 1. The third-order valence-corrected chi connectivity index (χ3v) is 4.43. The van der Waals surface area contributed by atoms with Crippen molar-refractivity contribution in [2.75, 3.05) is 13.7 Å². The first-order valence-corrected chi connectivity index (χ1v) is 7.63. The first-order valence-electron chi connectivity index (χ1n) is 7.63. The number of non-ortho nitro benzene ring substituents is 1. The fourth-order valence-corrected chi connectivity index (χ4v) is 2.86. The molecule has 1 N–H and O–H groups in total. The summed E-state index contributed by atoms with van der Waals surface area (Å²) in [4.78, 5) is 10.6. The fraction of sp³-hybridized carbons (Fsp3) is 0.625. The third-order valence-electron chi connectivity index (χ3n) is 4.43. The molecule has 1 aromatic rings. The largest absolute Gasteiger partial charge is 0.377 e. The first kappa shape index (κ1) is 15.9. The lowest BCUT2D eigenvalue weighted by Crippen LogP contribution is -2.48. The van der Waals surface area contributed by atoms with Gasteiger partial charge >= 0.3 is 0 Å². The quantitative estimate of drug-likeness (QED) is 0.587. The number of nitro benzene ring substituents is 1. The van der Waals surface area contributed by atoms with Crippen LogP contribution in [0.25, 0.3) is 0 Å². The van der Waals surface area contributed by atoms with Crippen molar-refractivity contribution in [3.63, 3.8) is 0 Å². The van der Waals surface area contributed by atoms with E-state index in [1.807, 2.05) is 6.07 Å². The minimum atomic E-state index is -0.338. The van der Waals surface area contributed by atoms with Crippen LogP contribution in [0, 0.1) is 10.1 Å². The first-order chi connectivity index (χ1) is 10.1. The molecule has 1 unspecified atom stereocenters. The van der Waals surface area contributed by atoms with Crippen molar-refractivity contribution in [3.8, 4) is 0 Å². The maximum absolute atomic E-state index is 10.9. The second kappa shape index (κ2) is 7.00. The molecule has 0 aliphatic heterocycles. The highest BCUT2D eigenvalue weighted by atomic mass is 16.6. The predicted octanol–water partition coefficient (Wildman–Crippen LogP) is 3.59. The Balaban J connectivity index is 2.07. The van der Waals surface area contributed by atoms with Gasteiger partial charge in [0.15, 0.2) is 0 Å². The zero-order valence-electron chi connectivity index (χ0n) is 12.8. The highest BCUT2D eigenvalue weighted by molar-refractivity contribution is 5.35. The van der Waals surface area contributed by atoms with Gasteiger partial charge in [0.1, 0.15) is 0 Å². The number of hydrogen-bond acceptors (Lipinski definition) is 4. The van der Waals surface area contributed by atoms with Crippen LogP contribution in [0.4, 0.5) is 5.69 Å². The van der Waals surface area contributed by atoms with Gasteiger partial charge in [-0.25, -0.2) is 0 Å². The summed E-state index contributed by atoms with van der Waals surface area (Å²) in [6, 6.07) is 7.07. The number of methoxy groups -OCH3 is 1. The van der Waals surface area contributed by atoms with Gasteiger partial charge in [-0.2, -0.15) is 0 Å². The average Bonchev–Trinajstić information content (AvgIpc) is 2.45. The minimum absolute atomic E-state index is 0.0350. The molecule has 1 atom stereocenters. The Morgan fingerprint density at radius 2 is 2.24 bits per heavy atom. The minimum Gasteiger partial charge on any atom is -0.377 e. The lowest BCUT2D eigenvalue weighted by Gasteiger charge is -2.41. The molecule has 0 heterocycles. The molecule has 1 aliphatic carbocycles. The standard InChI is InChI=1S/C16H24N2O3/c1-3-6-15(17-12-16(21-2)9-5-10-16)13-7-4-8-14(11-13)18(19)20/h4,7-8,11,15,17H,3,5-6,9-10,12H2,1-2H3.